The molecule has 0 aliphatic carbocycles. The van der Waals surface area contributed by atoms with Crippen LogP contribution in [-0.2, 0) is 9.53 Å². The lowest BCUT2D eigenvalue weighted by Gasteiger charge is -2.19. The van der Waals surface area contributed by atoms with E-state index in [4.69, 9.17) is 4.74 Å². The molecule has 0 spiro atoms. The third-order valence-corrected chi connectivity index (χ3v) is 2.04. The van der Waals surface area contributed by atoms with Gasteiger partial charge in [0, 0.05) is 20.2 Å². The van der Waals surface area contributed by atoms with Gasteiger partial charge in [0.15, 0.2) is 0 Å². The van der Waals surface area contributed by atoms with Crippen molar-refractivity contribution in [2.75, 3.05) is 20.2 Å². The van der Waals surface area contributed by atoms with E-state index in [1.165, 1.54) is 7.11 Å². The molecule has 1 aliphatic rings. The van der Waals surface area contributed by atoms with Gasteiger partial charge in [-0.2, -0.15) is 13.2 Å². The Bertz CT molecular complexity index is 219. The van der Waals surface area contributed by atoms with E-state index in [-0.39, 0.29) is 0 Å². The molecule has 1 heterocycles. The van der Waals surface area contributed by atoms with E-state index in [0.717, 1.165) is 0 Å². The van der Waals surface area contributed by atoms with Crippen LogP contribution in [0, 0.1) is 0 Å². The maximum Gasteiger partial charge on any atom is 0.471 e. The lowest BCUT2D eigenvalue weighted by molar-refractivity contribution is -0.174. The second-order valence-corrected chi connectivity index (χ2v) is 3.01. The minimum atomic E-state index is -4.83. The fourth-order valence-electron chi connectivity index (χ4n) is 1.30. The highest BCUT2D eigenvalue weighted by molar-refractivity contribution is 5.82. The molecule has 1 amide bonds. The molecule has 0 saturated carbocycles. The van der Waals surface area contributed by atoms with E-state index in [2.05, 4.69) is 5.32 Å². The van der Waals surface area contributed by atoms with Crippen molar-refractivity contribution in [2.45, 2.75) is 18.3 Å². The van der Waals surface area contributed by atoms with Gasteiger partial charge in [-0.1, -0.05) is 0 Å². The van der Waals surface area contributed by atoms with Crippen molar-refractivity contribution < 1.29 is 22.7 Å². The number of halogens is 3. The molecule has 1 aliphatic heterocycles. The highest BCUT2D eigenvalue weighted by Gasteiger charge is 2.41. The molecule has 14 heavy (non-hydrogen) atoms. The van der Waals surface area contributed by atoms with Crippen LogP contribution in [0.5, 0.6) is 0 Å². The molecule has 2 atom stereocenters. The molecule has 82 valence electrons. The van der Waals surface area contributed by atoms with Crippen molar-refractivity contribution in [1.29, 1.82) is 0 Å². The van der Waals surface area contributed by atoms with Gasteiger partial charge in [0.2, 0.25) is 0 Å². The number of methoxy groups -OCH3 is 1. The summed E-state index contributed by atoms with van der Waals surface area (Å²) in [5, 5.41) is 4.69. The second-order valence-electron chi connectivity index (χ2n) is 3.01. The van der Waals surface area contributed by atoms with Crippen LogP contribution in [0.25, 0.3) is 0 Å². The topological polar surface area (TPSA) is 50.4 Å². The molecule has 0 bridgehead atoms. The van der Waals surface area contributed by atoms with Crippen LogP contribution in [0.1, 0.15) is 0 Å². The number of ether oxygens (including phenoxy) is 1. The highest BCUT2D eigenvalue weighted by Crippen LogP contribution is 2.15. The molecule has 1 saturated heterocycles. The number of nitrogens with one attached hydrogen (secondary N) is 2. The van der Waals surface area contributed by atoms with Gasteiger partial charge >= 0.3 is 12.1 Å². The molecule has 7 heteroatoms. The van der Waals surface area contributed by atoms with Crippen LogP contribution in [0.3, 0.4) is 0 Å². The van der Waals surface area contributed by atoms with E-state index in [0.29, 0.717) is 13.1 Å². The van der Waals surface area contributed by atoms with E-state index in [1.807, 2.05) is 5.32 Å². The van der Waals surface area contributed by atoms with Gasteiger partial charge in [0.05, 0.1) is 12.1 Å². The van der Waals surface area contributed by atoms with Crippen LogP contribution >= 0.6 is 0 Å². The Morgan fingerprint density at radius 2 is 2.14 bits per heavy atom. The molecule has 4 nitrogen and oxygen atoms in total. The number of carbonyl (C=O) groups is 1. The van der Waals surface area contributed by atoms with Crippen LogP contribution in [0.4, 0.5) is 13.2 Å². The fourth-order valence-corrected chi connectivity index (χ4v) is 1.30. The van der Waals surface area contributed by atoms with Gasteiger partial charge in [-0.05, 0) is 0 Å². The molecule has 1 fully saturated rings. The summed E-state index contributed by atoms with van der Waals surface area (Å²) in [5.74, 6) is -1.92. The summed E-state index contributed by atoms with van der Waals surface area (Å²) >= 11 is 0. The summed E-state index contributed by atoms with van der Waals surface area (Å²) in [6, 6.07) is -0.617. The Morgan fingerprint density at radius 1 is 1.50 bits per heavy atom. The number of alkyl halides is 3. The molecule has 0 aromatic heterocycles. The van der Waals surface area contributed by atoms with Gasteiger partial charge in [-0.25, -0.2) is 0 Å². The summed E-state index contributed by atoms with van der Waals surface area (Å²) < 4.78 is 40.5. The zero-order chi connectivity index (χ0) is 10.8. The van der Waals surface area contributed by atoms with Crippen molar-refractivity contribution in [3.05, 3.63) is 0 Å². The predicted molar refractivity (Wildman–Crippen MR) is 41.7 cm³/mol. The molecular weight excluding hydrogens is 201 g/mol. The van der Waals surface area contributed by atoms with Gasteiger partial charge < -0.3 is 15.4 Å². The molecule has 1 rings (SSSR count). The van der Waals surface area contributed by atoms with E-state index in [1.54, 1.807) is 0 Å². The minimum Gasteiger partial charge on any atom is -0.378 e. The van der Waals surface area contributed by atoms with Gasteiger partial charge in [-0.15, -0.1) is 0 Å². The van der Waals surface area contributed by atoms with Crippen LogP contribution < -0.4 is 10.6 Å². The van der Waals surface area contributed by atoms with Gasteiger partial charge in [-0.3, -0.25) is 4.79 Å². The van der Waals surface area contributed by atoms with E-state index >= 15 is 0 Å². The zero-order valence-corrected chi connectivity index (χ0v) is 7.52. The van der Waals surface area contributed by atoms with Crippen molar-refractivity contribution in [1.82, 2.24) is 10.6 Å². The first-order valence-electron chi connectivity index (χ1n) is 4.06. The molecule has 0 radical (unpaired) electrons. The number of hydrogen-bond donors (Lipinski definition) is 2. The first-order valence-corrected chi connectivity index (χ1v) is 4.06. The zero-order valence-electron chi connectivity index (χ0n) is 7.52. The van der Waals surface area contributed by atoms with Gasteiger partial charge in [0.25, 0.3) is 0 Å². The Hall–Kier alpha value is -0.820. The van der Waals surface area contributed by atoms with Crippen LogP contribution in [0.15, 0.2) is 0 Å². The van der Waals surface area contributed by atoms with E-state index < -0.39 is 24.2 Å². The van der Waals surface area contributed by atoms with Crippen molar-refractivity contribution >= 4 is 5.91 Å². The normalized spacial score (nSPS) is 27.7. The summed E-state index contributed by atoms with van der Waals surface area (Å²) in [7, 11) is 1.39. The van der Waals surface area contributed by atoms with Gasteiger partial charge in [0.1, 0.15) is 0 Å². The number of amides is 1. The Labute approximate surface area is 78.8 Å². The number of rotatable bonds is 2. The largest absolute Gasteiger partial charge is 0.471 e. The van der Waals surface area contributed by atoms with Crippen molar-refractivity contribution in [3.63, 3.8) is 0 Å². The monoisotopic (exact) mass is 212 g/mol. The second kappa shape index (κ2) is 4.14. The minimum absolute atomic E-state index is 0.292. The summed E-state index contributed by atoms with van der Waals surface area (Å²) in [4.78, 5) is 10.6. The smallest absolute Gasteiger partial charge is 0.378 e. The van der Waals surface area contributed by atoms with Crippen LogP contribution in [0.2, 0.25) is 0 Å². The van der Waals surface area contributed by atoms with Crippen molar-refractivity contribution in [2.24, 2.45) is 0 Å². The lowest BCUT2D eigenvalue weighted by atomic mass is 10.2. The standard InChI is InChI=1S/C7H11F3N2O2/c1-14-5-3-11-2-4(5)12-6(13)7(8,9)10/h4-5,11H,2-3H2,1H3,(H,12,13)/t4?,5-/m0/s1. The maximum atomic E-state index is 11.9. The lowest BCUT2D eigenvalue weighted by Crippen LogP contribution is -2.48. The predicted octanol–water partition coefficient (Wildman–Crippen LogP) is -0.348. The van der Waals surface area contributed by atoms with Crippen molar-refractivity contribution in [3.8, 4) is 0 Å². The average Bonchev–Trinajstić information content (AvgIpc) is 2.50. The van der Waals surface area contributed by atoms with Crippen LogP contribution in [-0.4, -0.2) is 44.4 Å². The highest BCUT2D eigenvalue weighted by atomic mass is 19.4. The molecule has 1 unspecified atom stereocenters. The number of hydrogen-bond acceptors (Lipinski definition) is 3. The molecular formula is C7H11F3N2O2. The van der Waals surface area contributed by atoms with E-state index in [9.17, 15) is 18.0 Å². The quantitative estimate of drug-likeness (QED) is 0.658. The first kappa shape index (κ1) is 11.3. The maximum absolute atomic E-state index is 11.9. The molecule has 0 aromatic rings. The summed E-state index contributed by atoms with van der Waals surface area (Å²) in [6.07, 6.45) is -5.23. The summed E-state index contributed by atoms with van der Waals surface area (Å²) in [6.45, 7) is 0.736. The first-order chi connectivity index (χ1) is 6.45. The Morgan fingerprint density at radius 3 is 2.64 bits per heavy atom. The third kappa shape index (κ3) is 2.58. The molecule has 2 N–H and O–H groups in total. The Balaban J connectivity index is 2.48. The summed E-state index contributed by atoms with van der Waals surface area (Å²) in [5.41, 5.74) is 0. The average molecular weight is 212 g/mol. The fraction of sp³-hybridized carbons (Fsp3) is 0.857. The third-order valence-electron chi connectivity index (χ3n) is 2.04. The molecule has 0 aromatic carbocycles. The Kier molecular flexibility index (Phi) is 3.33. The number of carbonyl (C=O) groups excluding carboxylic acids is 1. The SMILES string of the molecule is CO[C@H]1CNCC1NC(=O)C(F)(F)F.